The van der Waals surface area contributed by atoms with Crippen LogP contribution in [0.15, 0.2) is 18.2 Å². The fourth-order valence-electron chi connectivity index (χ4n) is 2.15. The van der Waals surface area contributed by atoms with E-state index < -0.39 is 0 Å². The second kappa shape index (κ2) is 7.37. The van der Waals surface area contributed by atoms with Crippen molar-refractivity contribution in [2.45, 2.75) is 40.2 Å². The van der Waals surface area contributed by atoms with Crippen molar-refractivity contribution in [2.75, 3.05) is 18.8 Å². The smallest absolute Gasteiger partial charge is 0.129 e. The van der Waals surface area contributed by atoms with Crippen LogP contribution in [0.4, 0.5) is 10.1 Å². The van der Waals surface area contributed by atoms with Crippen molar-refractivity contribution < 1.29 is 4.39 Å². The van der Waals surface area contributed by atoms with Crippen LogP contribution in [-0.4, -0.2) is 18.0 Å². The van der Waals surface area contributed by atoms with Gasteiger partial charge < -0.3 is 5.73 Å². The summed E-state index contributed by atoms with van der Waals surface area (Å²) in [5.74, 6) is 0.500. The molecule has 18 heavy (non-hydrogen) atoms. The number of hydrogen-bond acceptors (Lipinski definition) is 2. The Bertz CT molecular complexity index is 362. The van der Waals surface area contributed by atoms with Crippen molar-refractivity contribution in [3.05, 3.63) is 29.6 Å². The number of benzene rings is 1. The van der Waals surface area contributed by atoms with Crippen LogP contribution in [0.2, 0.25) is 0 Å². The summed E-state index contributed by atoms with van der Waals surface area (Å²) in [7, 11) is 0. The van der Waals surface area contributed by atoms with Crippen molar-refractivity contribution >= 4 is 5.69 Å². The molecule has 2 N–H and O–H groups in total. The molecule has 0 saturated carbocycles. The van der Waals surface area contributed by atoms with Crippen LogP contribution in [0.25, 0.3) is 0 Å². The lowest BCUT2D eigenvalue weighted by Crippen LogP contribution is -2.29. The Balaban J connectivity index is 2.67. The first kappa shape index (κ1) is 15.0. The number of nitrogen functional groups attached to an aromatic ring is 1. The van der Waals surface area contributed by atoms with E-state index in [0.29, 0.717) is 18.2 Å². The number of rotatable bonds is 7. The Kier molecular flexibility index (Phi) is 6.13. The quantitative estimate of drug-likeness (QED) is 0.750. The predicted molar refractivity (Wildman–Crippen MR) is 75.8 cm³/mol. The largest absolute Gasteiger partial charge is 0.399 e. The summed E-state index contributed by atoms with van der Waals surface area (Å²) in [6, 6.07) is 4.96. The molecule has 0 radical (unpaired) electrons. The summed E-state index contributed by atoms with van der Waals surface area (Å²) in [6.07, 6.45) is 2.36. The van der Waals surface area contributed by atoms with Gasteiger partial charge in [-0.2, -0.15) is 0 Å². The summed E-state index contributed by atoms with van der Waals surface area (Å²) in [6.45, 7) is 9.20. The number of hydrogen-bond donors (Lipinski definition) is 1. The molecule has 0 aliphatic carbocycles. The van der Waals surface area contributed by atoms with Gasteiger partial charge in [0.25, 0.3) is 0 Å². The summed E-state index contributed by atoms with van der Waals surface area (Å²) < 4.78 is 13.7. The molecule has 0 aliphatic heterocycles. The SMILES string of the molecule is CCC(CC)CN(CC)Cc1ccc(N)cc1F. The zero-order chi connectivity index (χ0) is 13.5. The van der Waals surface area contributed by atoms with Crippen molar-refractivity contribution in [1.82, 2.24) is 4.90 Å². The van der Waals surface area contributed by atoms with Gasteiger partial charge in [-0.25, -0.2) is 4.39 Å². The van der Waals surface area contributed by atoms with E-state index in [1.54, 1.807) is 12.1 Å². The normalized spacial score (nSPS) is 11.4. The average Bonchev–Trinajstić information content (AvgIpc) is 2.37. The fraction of sp³-hybridized carbons (Fsp3) is 0.600. The zero-order valence-electron chi connectivity index (χ0n) is 11.7. The highest BCUT2D eigenvalue weighted by Gasteiger charge is 2.12. The van der Waals surface area contributed by atoms with Gasteiger partial charge in [0.15, 0.2) is 0 Å². The van der Waals surface area contributed by atoms with Gasteiger partial charge in [0.1, 0.15) is 5.82 Å². The van der Waals surface area contributed by atoms with E-state index in [9.17, 15) is 4.39 Å². The standard InChI is InChI=1S/C15H25FN2/c1-4-12(5-2)10-18(6-3)11-13-7-8-14(17)9-15(13)16/h7-9,12H,4-6,10-11,17H2,1-3H3. The van der Waals surface area contributed by atoms with Gasteiger partial charge in [-0.1, -0.05) is 39.7 Å². The second-order valence-corrected chi connectivity index (χ2v) is 4.86. The predicted octanol–water partition coefficient (Wildman–Crippen LogP) is 3.67. The highest BCUT2D eigenvalue weighted by atomic mass is 19.1. The summed E-state index contributed by atoms with van der Waals surface area (Å²) in [4.78, 5) is 2.30. The molecule has 102 valence electrons. The number of halogens is 1. The van der Waals surface area contributed by atoms with Gasteiger partial charge >= 0.3 is 0 Å². The first-order chi connectivity index (χ1) is 8.60. The molecule has 0 aliphatic rings. The molecular formula is C15H25FN2. The third-order valence-corrected chi connectivity index (χ3v) is 3.59. The van der Waals surface area contributed by atoms with E-state index in [0.717, 1.165) is 18.7 Å². The average molecular weight is 252 g/mol. The summed E-state index contributed by atoms with van der Waals surface area (Å²) in [5.41, 5.74) is 6.78. The van der Waals surface area contributed by atoms with Gasteiger partial charge in [-0.05, 0) is 24.6 Å². The van der Waals surface area contributed by atoms with E-state index >= 15 is 0 Å². The topological polar surface area (TPSA) is 29.3 Å². The summed E-state index contributed by atoms with van der Waals surface area (Å²) in [5, 5.41) is 0. The van der Waals surface area contributed by atoms with Gasteiger partial charge in [0.05, 0.1) is 0 Å². The Morgan fingerprint density at radius 1 is 1.22 bits per heavy atom. The molecular weight excluding hydrogens is 227 g/mol. The Morgan fingerprint density at radius 2 is 1.89 bits per heavy atom. The van der Waals surface area contributed by atoms with Crippen LogP contribution >= 0.6 is 0 Å². The van der Waals surface area contributed by atoms with Crippen LogP contribution in [0.5, 0.6) is 0 Å². The molecule has 1 aromatic carbocycles. The van der Waals surface area contributed by atoms with E-state index in [-0.39, 0.29) is 5.82 Å². The van der Waals surface area contributed by atoms with Gasteiger partial charge in [-0.15, -0.1) is 0 Å². The van der Waals surface area contributed by atoms with E-state index in [1.165, 1.54) is 18.9 Å². The highest BCUT2D eigenvalue weighted by Crippen LogP contribution is 2.16. The Labute approximate surface area is 110 Å². The lowest BCUT2D eigenvalue weighted by molar-refractivity contribution is 0.224. The molecule has 3 heteroatoms. The van der Waals surface area contributed by atoms with Crippen LogP contribution in [0.3, 0.4) is 0 Å². The van der Waals surface area contributed by atoms with Crippen LogP contribution < -0.4 is 5.73 Å². The van der Waals surface area contributed by atoms with Crippen molar-refractivity contribution in [2.24, 2.45) is 5.92 Å². The van der Waals surface area contributed by atoms with E-state index in [1.807, 2.05) is 0 Å². The zero-order valence-corrected chi connectivity index (χ0v) is 11.7. The molecule has 0 amide bonds. The third-order valence-electron chi connectivity index (χ3n) is 3.59. The van der Waals surface area contributed by atoms with Crippen LogP contribution in [0, 0.1) is 11.7 Å². The number of nitrogens with zero attached hydrogens (tertiary/aromatic N) is 1. The van der Waals surface area contributed by atoms with Gasteiger partial charge in [0, 0.05) is 24.3 Å². The first-order valence-electron chi connectivity index (χ1n) is 6.86. The molecule has 0 spiro atoms. The van der Waals surface area contributed by atoms with Crippen LogP contribution in [-0.2, 0) is 6.54 Å². The molecule has 2 nitrogen and oxygen atoms in total. The number of nitrogens with two attached hydrogens (primary N) is 1. The third kappa shape index (κ3) is 4.30. The lowest BCUT2D eigenvalue weighted by Gasteiger charge is -2.25. The molecule has 0 unspecified atom stereocenters. The Morgan fingerprint density at radius 3 is 2.39 bits per heavy atom. The molecule has 0 atom stereocenters. The van der Waals surface area contributed by atoms with Gasteiger partial charge in [-0.3, -0.25) is 4.90 Å². The highest BCUT2D eigenvalue weighted by molar-refractivity contribution is 5.40. The maximum absolute atomic E-state index is 13.7. The minimum Gasteiger partial charge on any atom is -0.399 e. The van der Waals surface area contributed by atoms with Crippen molar-refractivity contribution in [3.63, 3.8) is 0 Å². The summed E-state index contributed by atoms with van der Waals surface area (Å²) >= 11 is 0. The minimum atomic E-state index is -0.196. The van der Waals surface area contributed by atoms with Crippen LogP contribution in [0.1, 0.15) is 39.2 Å². The van der Waals surface area contributed by atoms with E-state index in [4.69, 9.17) is 5.73 Å². The van der Waals surface area contributed by atoms with E-state index in [2.05, 4.69) is 25.7 Å². The molecule has 0 heterocycles. The van der Waals surface area contributed by atoms with Gasteiger partial charge in [0.2, 0.25) is 0 Å². The maximum atomic E-state index is 13.7. The maximum Gasteiger partial charge on any atom is 0.129 e. The molecule has 1 rings (SSSR count). The van der Waals surface area contributed by atoms with Crippen molar-refractivity contribution in [1.29, 1.82) is 0 Å². The molecule has 0 aromatic heterocycles. The first-order valence-corrected chi connectivity index (χ1v) is 6.86. The number of anilines is 1. The lowest BCUT2D eigenvalue weighted by atomic mass is 10.0. The molecule has 1 aromatic rings. The molecule has 0 fully saturated rings. The van der Waals surface area contributed by atoms with Crippen molar-refractivity contribution in [3.8, 4) is 0 Å². The Hall–Kier alpha value is -1.09. The molecule has 0 saturated heterocycles. The fourth-order valence-corrected chi connectivity index (χ4v) is 2.15. The monoisotopic (exact) mass is 252 g/mol. The minimum absolute atomic E-state index is 0.196. The second-order valence-electron chi connectivity index (χ2n) is 4.86. The molecule has 0 bridgehead atoms.